The van der Waals surface area contributed by atoms with Crippen molar-refractivity contribution in [3.8, 4) is 5.75 Å². The Balaban J connectivity index is 1.98. The smallest absolute Gasteiger partial charge is 0.161 e. The van der Waals surface area contributed by atoms with Crippen LogP contribution in [0, 0.1) is 24.4 Å². The number of hydrogen-bond donors (Lipinski definition) is 0. The Kier molecular flexibility index (Phi) is 3.04. The number of aryl methyl sites for hydroxylation is 1. The van der Waals surface area contributed by atoms with E-state index in [0.717, 1.165) is 6.07 Å². The van der Waals surface area contributed by atoms with Gasteiger partial charge in [-0.2, -0.15) is 0 Å². The first kappa shape index (κ1) is 12.8. The summed E-state index contributed by atoms with van der Waals surface area (Å²) in [7, 11) is 0. The van der Waals surface area contributed by atoms with Gasteiger partial charge in [0.2, 0.25) is 0 Å². The summed E-state index contributed by atoms with van der Waals surface area (Å²) in [6.45, 7) is 2.08. The number of fused-ring (bicyclic) bond motifs is 1. The molecule has 0 spiro atoms. The molecule has 0 bridgehead atoms. The third-order valence-electron chi connectivity index (χ3n) is 3.29. The SMILES string of the molecule is Cc1cc(F)cc(F)c1N1COc2ccc(F)cc2C1. The van der Waals surface area contributed by atoms with E-state index in [4.69, 9.17) is 4.74 Å². The molecule has 1 aliphatic rings. The van der Waals surface area contributed by atoms with Crippen molar-refractivity contribution in [3.05, 3.63) is 58.9 Å². The highest BCUT2D eigenvalue weighted by atomic mass is 19.1. The minimum atomic E-state index is -0.647. The topological polar surface area (TPSA) is 12.5 Å². The molecule has 0 amide bonds. The van der Waals surface area contributed by atoms with Gasteiger partial charge in [0, 0.05) is 11.6 Å². The Morgan fingerprint density at radius 2 is 1.85 bits per heavy atom. The molecule has 0 N–H and O–H groups in total. The maximum absolute atomic E-state index is 13.9. The molecule has 0 radical (unpaired) electrons. The molecule has 1 heterocycles. The average molecular weight is 279 g/mol. The van der Waals surface area contributed by atoms with Gasteiger partial charge in [-0.25, -0.2) is 13.2 Å². The van der Waals surface area contributed by atoms with E-state index >= 15 is 0 Å². The molecule has 1 aliphatic heterocycles. The van der Waals surface area contributed by atoms with Crippen LogP contribution < -0.4 is 9.64 Å². The Bertz CT molecular complexity index is 649. The van der Waals surface area contributed by atoms with Crippen LogP contribution in [-0.2, 0) is 6.54 Å². The van der Waals surface area contributed by atoms with Gasteiger partial charge in [-0.15, -0.1) is 0 Å². The van der Waals surface area contributed by atoms with Gasteiger partial charge in [-0.1, -0.05) is 0 Å². The lowest BCUT2D eigenvalue weighted by molar-refractivity contribution is 0.286. The fourth-order valence-electron chi connectivity index (χ4n) is 2.45. The summed E-state index contributed by atoms with van der Waals surface area (Å²) in [5.41, 5.74) is 1.40. The highest BCUT2D eigenvalue weighted by Crippen LogP contribution is 2.32. The maximum atomic E-state index is 13.9. The number of benzene rings is 2. The van der Waals surface area contributed by atoms with E-state index in [0.29, 0.717) is 23.4 Å². The van der Waals surface area contributed by atoms with Crippen molar-refractivity contribution in [1.29, 1.82) is 0 Å². The minimum absolute atomic E-state index is 0.141. The lowest BCUT2D eigenvalue weighted by Gasteiger charge is -2.32. The highest BCUT2D eigenvalue weighted by molar-refractivity contribution is 5.56. The number of halogens is 3. The van der Waals surface area contributed by atoms with Crippen LogP contribution in [0.15, 0.2) is 30.3 Å². The van der Waals surface area contributed by atoms with E-state index < -0.39 is 11.6 Å². The second kappa shape index (κ2) is 4.74. The van der Waals surface area contributed by atoms with Gasteiger partial charge in [0.05, 0.1) is 12.2 Å². The van der Waals surface area contributed by atoms with Crippen LogP contribution >= 0.6 is 0 Å². The Morgan fingerprint density at radius 3 is 2.60 bits per heavy atom. The molecule has 0 fully saturated rings. The van der Waals surface area contributed by atoms with Crippen molar-refractivity contribution >= 4 is 5.69 Å². The van der Waals surface area contributed by atoms with Crippen LogP contribution in [-0.4, -0.2) is 6.73 Å². The van der Waals surface area contributed by atoms with Gasteiger partial charge in [-0.05, 0) is 36.8 Å². The summed E-state index contributed by atoms with van der Waals surface area (Å²) in [5.74, 6) is -1.05. The molecule has 0 unspecified atom stereocenters. The molecule has 104 valence electrons. The quantitative estimate of drug-likeness (QED) is 0.788. The first-order chi connectivity index (χ1) is 9.54. The third-order valence-corrected chi connectivity index (χ3v) is 3.29. The molecule has 2 aromatic carbocycles. The van der Waals surface area contributed by atoms with E-state index in [1.165, 1.54) is 18.2 Å². The summed E-state index contributed by atoms with van der Waals surface area (Å²) in [6, 6.07) is 6.33. The summed E-state index contributed by atoms with van der Waals surface area (Å²) in [5, 5.41) is 0. The van der Waals surface area contributed by atoms with E-state index in [1.54, 1.807) is 17.9 Å². The predicted molar refractivity (Wildman–Crippen MR) is 69.2 cm³/mol. The molecule has 0 atom stereocenters. The van der Waals surface area contributed by atoms with Crippen molar-refractivity contribution < 1.29 is 17.9 Å². The number of hydrogen-bond acceptors (Lipinski definition) is 2. The van der Waals surface area contributed by atoms with Crippen LogP contribution in [0.3, 0.4) is 0 Å². The van der Waals surface area contributed by atoms with Gasteiger partial charge >= 0.3 is 0 Å². The van der Waals surface area contributed by atoms with Gasteiger partial charge < -0.3 is 9.64 Å². The number of ether oxygens (including phenoxy) is 1. The molecule has 2 aromatic rings. The van der Waals surface area contributed by atoms with Crippen LogP contribution in [0.2, 0.25) is 0 Å². The van der Waals surface area contributed by atoms with Crippen molar-refractivity contribution in [3.63, 3.8) is 0 Å². The van der Waals surface area contributed by atoms with E-state index in [1.807, 2.05) is 0 Å². The molecule has 0 saturated heterocycles. The zero-order valence-electron chi connectivity index (χ0n) is 10.8. The zero-order chi connectivity index (χ0) is 14.3. The average Bonchev–Trinajstić information content (AvgIpc) is 2.37. The first-order valence-electron chi connectivity index (χ1n) is 6.16. The normalized spacial score (nSPS) is 13.9. The number of nitrogens with zero attached hydrogens (tertiary/aromatic N) is 1. The molecular formula is C15H12F3NO. The number of anilines is 1. The van der Waals surface area contributed by atoms with E-state index in [-0.39, 0.29) is 18.2 Å². The zero-order valence-corrected chi connectivity index (χ0v) is 10.8. The third kappa shape index (κ3) is 2.19. The van der Waals surface area contributed by atoms with Crippen molar-refractivity contribution in [2.75, 3.05) is 11.6 Å². The summed E-state index contributed by atoms with van der Waals surface area (Å²) < 4.78 is 45.8. The van der Waals surface area contributed by atoms with Crippen molar-refractivity contribution in [2.24, 2.45) is 0 Å². The van der Waals surface area contributed by atoms with Crippen LogP contribution in [0.1, 0.15) is 11.1 Å². The van der Waals surface area contributed by atoms with Crippen molar-refractivity contribution in [1.82, 2.24) is 0 Å². The lowest BCUT2D eigenvalue weighted by Crippen LogP contribution is -2.33. The van der Waals surface area contributed by atoms with Gasteiger partial charge in [0.15, 0.2) is 6.73 Å². The van der Waals surface area contributed by atoms with Gasteiger partial charge in [0.25, 0.3) is 0 Å². The van der Waals surface area contributed by atoms with Crippen LogP contribution in [0.4, 0.5) is 18.9 Å². The van der Waals surface area contributed by atoms with Gasteiger partial charge in [0.1, 0.15) is 23.2 Å². The standard InChI is InChI=1S/C15H12F3NO/c1-9-4-12(17)6-13(18)15(9)19-7-10-5-11(16)2-3-14(10)20-8-19/h2-6H,7-8H2,1H3. The summed E-state index contributed by atoms with van der Waals surface area (Å²) >= 11 is 0. The summed E-state index contributed by atoms with van der Waals surface area (Å²) in [4.78, 5) is 1.62. The minimum Gasteiger partial charge on any atom is -0.473 e. The molecule has 3 rings (SSSR count). The molecule has 20 heavy (non-hydrogen) atoms. The Labute approximate surface area is 114 Å². The lowest BCUT2D eigenvalue weighted by atomic mass is 10.1. The fraction of sp³-hybridized carbons (Fsp3) is 0.200. The molecule has 0 saturated carbocycles. The Morgan fingerprint density at radius 1 is 1.05 bits per heavy atom. The second-order valence-electron chi connectivity index (χ2n) is 4.78. The molecular weight excluding hydrogens is 267 g/mol. The van der Waals surface area contributed by atoms with E-state index in [9.17, 15) is 13.2 Å². The van der Waals surface area contributed by atoms with Gasteiger partial charge in [-0.3, -0.25) is 0 Å². The second-order valence-corrected chi connectivity index (χ2v) is 4.78. The molecule has 0 aliphatic carbocycles. The highest BCUT2D eigenvalue weighted by Gasteiger charge is 2.22. The fourth-order valence-corrected chi connectivity index (χ4v) is 2.45. The predicted octanol–water partition coefficient (Wildman–Crippen LogP) is 3.77. The van der Waals surface area contributed by atoms with E-state index in [2.05, 4.69) is 0 Å². The van der Waals surface area contributed by atoms with Crippen LogP contribution in [0.25, 0.3) is 0 Å². The largest absolute Gasteiger partial charge is 0.473 e. The molecule has 2 nitrogen and oxygen atoms in total. The van der Waals surface area contributed by atoms with Crippen LogP contribution in [0.5, 0.6) is 5.75 Å². The van der Waals surface area contributed by atoms with Crippen molar-refractivity contribution in [2.45, 2.75) is 13.5 Å². The number of rotatable bonds is 1. The maximum Gasteiger partial charge on any atom is 0.161 e. The monoisotopic (exact) mass is 279 g/mol. The molecule has 0 aromatic heterocycles. The Hall–Kier alpha value is -2.17. The summed E-state index contributed by atoms with van der Waals surface area (Å²) in [6.07, 6.45) is 0. The first-order valence-corrected chi connectivity index (χ1v) is 6.16. The molecule has 5 heteroatoms.